The van der Waals surface area contributed by atoms with Crippen molar-refractivity contribution in [2.75, 3.05) is 11.5 Å². The van der Waals surface area contributed by atoms with Crippen LogP contribution in [-0.4, -0.2) is 29.5 Å². The number of carbonyl (C=O) groups excluding carboxylic acids is 1. The molecule has 0 aliphatic carbocycles. The van der Waals surface area contributed by atoms with Gasteiger partial charge in [-0.2, -0.15) is 11.8 Å². The Morgan fingerprint density at radius 1 is 1.38 bits per heavy atom. The second-order valence-corrected chi connectivity index (χ2v) is 5.72. The Kier molecular flexibility index (Phi) is 9.83. The van der Waals surface area contributed by atoms with Gasteiger partial charge in [0.05, 0.1) is 0 Å². The Bertz CT molecular complexity index is 186. The van der Waals surface area contributed by atoms with E-state index in [1.807, 2.05) is 18.7 Å². The predicted molar refractivity (Wildman–Crippen MR) is 72.7 cm³/mol. The number of nitrogens with one attached hydrogen (secondary N) is 1. The molecule has 0 radical (unpaired) electrons. The lowest BCUT2D eigenvalue weighted by Gasteiger charge is -2.13. The quantitative estimate of drug-likeness (QED) is 0.613. The molecule has 0 aliphatic rings. The molecule has 0 aromatic carbocycles. The lowest BCUT2D eigenvalue weighted by Crippen LogP contribution is -2.33. The molecule has 3 N–H and O–H groups in total. The Hall–Kier alpha value is -0.220. The number of hydrogen-bond acceptors (Lipinski definition) is 3. The van der Waals surface area contributed by atoms with Crippen molar-refractivity contribution in [2.24, 2.45) is 5.73 Å². The minimum absolute atomic E-state index is 0.162. The molecule has 3 nitrogen and oxygen atoms in total. The first-order chi connectivity index (χ1) is 7.56. The number of hydrogen-bond donors (Lipinski definition) is 2. The fourth-order valence-corrected chi connectivity index (χ4v) is 2.22. The molecule has 0 bridgehead atoms. The maximum atomic E-state index is 11.5. The maximum Gasteiger partial charge on any atom is 0.220 e. The molecule has 0 saturated heterocycles. The summed E-state index contributed by atoms with van der Waals surface area (Å²) >= 11 is 1.92. The van der Waals surface area contributed by atoms with Crippen LogP contribution in [0.15, 0.2) is 0 Å². The minimum Gasteiger partial charge on any atom is -0.354 e. The molecule has 0 fully saturated rings. The molecular weight excluding hydrogens is 220 g/mol. The van der Waals surface area contributed by atoms with Crippen molar-refractivity contribution in [3.05, 3.63) is 0 Å². The van der Waals surface area contributed by atoms with E-state index in [0.29, 0.717) is 12.5 Å². The van der Waals surface area contributed by atoms with Crippen molar-refractivity contribution in [1.29, 1.82) is 0 Å². The van der Waals surface area contributed by atoms with E-state index >= 15 is 0 Å². The zero-order valence-electron chi connectivity index (χ0n) is 10.8. The Morgan fingerprint density at radius 2 is 2.06 bits per heavy atom. The highest BCUT2D eigenvalue weighted by molar-refractivity contribution is 7.99. The smallest absolute Gasteiger partial charge is 0.220 e. The van der Waals surface area contributed by atoms with Gasteiger partial charge in [-0.3, -0.25) is 4.79 Å². The summed E-state index contributed by atoms with van der Waals surface area (Å²) in [5.41, 5.74) is 5.63. The van der Waals surface area contributed by atoms with E-state index in [0.717, 1.165) is 30.8 Å². The summed E-state index contributed by atoms with van der Waals surface area (Å²) in [4.78, 5) is 11.5. The minimum atomic E-state index is 0.162. The first kappa shape index (κ1) is 15.8. The molecule has 16 heavy (non-hydrogen) atoms. The standard InChI is InChI=1S/C12H26N2OS/c1-4-16-9-8-11(3)14-12(15)7-5-6-10(2)13/h10-11H,4-9,13H2,1-3H3,(H,14,15). The monoisotopic (exact) mass is 246 g/mol. The molecule has 0 saturated carbocycles. The second kappa shape index (κ2) is 9.97. The average molecular weight is 246 g/mol. The van der Waals surface area contributed by atoms with Crippen LogP contribution in [0.2, 0.25) is 0 Å². The fraction of sp³-hybridized carbons (Fsp3) is 0.917. The number of rotatable bonds is 9. The third kappa shape index (κ3) is 10.3. The van der Waals surface area contributed by atoms with E-state index < -0.39 is 0 Å². The lowest BCUT2D eigenvalue weighted by atomic mass is 10.1. The van der Waals surface area contributed by atoms with E-state index in [9.17, 15) is 4.79 Å². The van der Waals surface area contributed by atoms with Gasteiger partial charge in [-0.05, 0) is 44.6 Å². The summed E-state index contributed by atoms with van der Waals surface area (Å²) in [5.74, 6) is 2.43. The van der Waals surface area contributed by atoms with Gasteiger partial charge < -0.3 is 11.1 Å². The molecule has 2 unspecified atom stereocenters. The van der Waals surface area contributed by atoms with E-state index in [-0.39, 0.29) is 11.9 Å². The molecule has 0 rings (SSSR count). The van der Waals surface area contributed by atoms with Crippen LogP contribution >= 0.6 is 11.8 Å². The summed E-state index contributed by atoms with van der Waals surface area (Å²) in [6.07, 6.45) is 3.47. The Morgan fingerprint density at radius 3 is 2.62 bits per heavy atom. The van der Waals surface area contributed by atoms with Crippen molar-refractivity contribution in [3.63, 3.8) is 0 Å². The van der Waals surface area contributed by atoms with Crippen LogP contribution in [0, 0.1) is 0 Å². The number of nitrogens with two attached hydrogens (primary N) is 1. The molecule has 2 atom stereocenters. The molecule has 96 valence electrons. The first-order valence-corrected chi connectivity index (χ1v) is 7.34. The normalized spacial score (nSPS) is 14.5. The highest BCUT2D eigenvalue weighted by atomic mass is 32.2. The van der Waals surface area contributed by atoms with Gasteiger partial charge in [-0.15, -0.1) is 0 Å². The van der Waals surface area contributed by atoms with Crippen LogP contribution in [0.1, 0.15) is 46.5 Å². The maximum absolute atomic E-state index is 11.5. The second-order valence-electron chi connectivity index (χ2n) is 4.32. The third-order valence-electron chi connectivity index (χ3n) is 2.37. The van der Waals surface area contributed by atoms with Crippen molar-refractivity contribution in [3.8, 4) is 0 Å². The largest absolute Gasteiger partial charge is 0.354 e. The number of amides is 1. The Balaban J connectivity index is 3.46. The van der Waals surface area contributed by atoms with Crippen LogP contribution in [0.5, 0.6) is 0 Å². The molecule has 0 aliphatic heterocycles. The van der Waals surface area contributed by atoms with Crippen LogP contribution in [0.25, 0.3) is 0 Å². The zero-order valence-corrected chi connectivity index (χ0v) is 11.6. The number of thioether (sulfide) groups is 1. The van der Waals surface area contributed by atoms with Gasteiger partial charge in [0.2, 0.25) is 5.91 Å². The molecule has 0 spiro atoms. The molecule has 0 heterocycles. The zero-order chi connectivity index (χ0) is 12.4. The van der Waals surface area contributed by atoms with Gasteiger partial charge in [-0.1, -0.05) is 6.92 Å². The van der Waals surface area contributed by atoms with Gasteiger partial charge in [-0.25, -0.2) is 0 Å². The summed E-state index contributed by atoms with van der Waals surface area (Å²) in [7, 11) is 0. The van der Waals surface area contributed by atoms with Crippen LogP contribution in [0.3, 0.4) is 0 Å². The fourth-order valence-electron chi connectivity index (χ4n) is 1.41. The van der Waals surface area contributed by atoms with E-state index in [4.69, 9.17) is 5.73 Å². The number of carbonyl (C=O) groups is 1. The lowest BCUT2D eigenvalue weighted by molar-refractivity contribution is -0.121. The molecular formula is C12H26N2OS. The van der Waals surface area contributed by atoms with Crippen LogP contribution in [0.4, 0.5) is 0 Å². The summed E-state index contributed by atoms with van der Waals surface area (Å²) in [6.45, 7) is 6.20. The summed E-state index contributed by atoms with van der Waals surface area (Å²) in [5, 5.41) is 3.02. The highest BCUT2D eigenvalue weighted by Crippen LogP contribution is 2.04. The summed E-state index contributed by atoms with van der Waals surface area (Å²) < 4.78 is 0. The molecule has 0 aromatic rings. The average Bonchev–Trinajstić information content (AvgIpc) is 2.17. The van der Waals surface area contributed by atoms with Crippen molar-refractivity contribution in [2.45, 2.75) is 58.5 Å². The molecule has 0 aromatic heterocycles. The third-order valence-corrected chi connectivity index (χ3v) is 3.30. The van der Waals surface area contributed by atoms with E-state index in [2.05, 4.69) is 19.2 Å². The SMILES string of the molecule is CCSCCC(C)NC(=O)CCCC(C)N. The topological polar surface area (TPSA) is 55.1 Å². The van der Waals surface area contributed by atoms with Crippen molar-refractivity contribution >= 4 is 17.7 Å². The summed E-state index contributed by atoms with van der Waals surface area (Å²) in [6, 6.07) is 0.494. The first-order valence-electron chi connectivity index (χ1n) is 6.19. The van der Waals surface area contributed by atoms with Gasteiger partial charge in [0.1, 0.15) is 0 Å². The van der Waals surface area contributed by atoms with Crippen molar-refractivity contribution < 1.29 is 4.79 Å². The van der Waals surface area contributed by atoms with Gasteiger partial charge in [0, 0.05) is 18.5 Å². The Labute approximate surface area is 104 Å². The van der Waals surface area contributed by atoms with Gasteiger partial charge >= 0.3 is 0 Å². The van der Waals surface area contributed by atoms with E-state index in [1.165, 1.54) is 0 Å². The van der Waals surface area contributed by atoms with Crippen molar-refractivity contribution in [1.82, 2.24) is 5.32 Å². The van der Waals surface area contributed by atoms with Gasteiger partial charge in [0.15, 0.2) is 0 Å². The van der Waals surface area contributed by atoms with Crippen LogP contribution in [-0.2, 0) is 4.79 Å². The highest BCUT2D eigenvalue weighted by Gasteiger charge is 2.07. The molecule has 1 amide bonds. The van der Waals surface area contributed by atoms with Gasteiger partial charge in [0.25, 0.3) is 0 Å². The van der Waals surface area contributed by atoms with E-state index in [1.54, 1.807) is 0 Å². The predicted octanol–water partition coefficient (Wildman–Crippen LogP) is 2.15. The molecule has 4 heteroatoms. The van der Waals surface area contributed by atoms with Crippen LogP contribution < -0.4 is 11.1 Å².